The maximum Gasteiger partial charge on any atom is 0.348 e. The lowest BCUT2D eigenvalue weighted by molar-refractivity contribution is -0.130. The molecule has 2 amide bonds. The van der Waals surface area contributed by atoms with Crippen LogP contribution in [0.3, 0.4) is 0 Å². The van der Waals surface area contributed by atoms with E-state index in [1.807, 2.05) is 31.2 Å². The number of hydrogen-bond donors (Lipinski definition) is 2. The average Bonchev–Trinajstić information content (AvgIpc) is 3.22. The van der Waals surface area contributed by atoms with Crippen LogP contribution in [-0.2, 0) is 14.3 Å². The first kappa shape index (κ1) is 19.3. The van der Waals surface area contributed by atoms with Crippen molar-refractivity contribution in [1.29, 1.82) is 0 Å². The van der Waals surface area contributed by atoms with E-state index in [2.05, 4.69) is 10.6 Å². The van der Waals surface area contributed by atoms with Gasteiger partial charge in [0.1, 0.15) is 10.9 Å². The highest BCUT2D eigenvalue weighted by molar-refractivity contribution is 7.33. The predicted octanol–water partition coefficient (Wildman–Crippen LogP) is 3.30. The lowest BCUT2D eigenvalue weighted by Gasteiger charge is -2.13. The molecule has 0 aliphatic carbocycles. The van der Waals surface area contributed by atoms with Crippen molar-refractivity contribution in [3.63, 3.8) is 0 Å². The Kier molecular flexibility index (Phi) is 6.08. The van der Waals surface area contributed by atoms with Gasteiger partial charge in [0.15, 0.2) is 6.61 Å². The number of ether oxygens (including phenoxy) is 1. The van der Waals surface area contributed by atoms with Gasteiger partial charge in [-0.3, -0.25) is 9.59 Å². The van der Waals surface area contributed by atoms with E-state index >= 15 is 0 Å². The van der Waals surface area contributed by atoms with Crippen molar-refractivity contribution < 1.29 is 19.1 Å². The lowest BCUT2D eigenvalue weighted by atomic mass is 10.2. The summed E-state index contributed by atoms with van der Waals surface area (Å²) < 4.78 is 8.35. The van der Waals surface area contributed by atoms with Gasteiger partial charge in [-0.1, -0.05) is 25.1 Å². The van der Waals surface area contributed by atoms with Crippen molar-refractivity contribution in [2.45, 2.75) is 26.3 Å². The van der Waals surface area contributed by atoms with Gasteiger partial charge in [0.25, 0.3) is 5.91 Å². The minimum absolute atomic E-state index is 0.262. The van der Waals surface area contributed by atoms with Crippen LogP contribution in [0.1, 0.15) is 29.9 Å². The summed E-state index contributed by atoms with van der Waals surface area (Å²) >= 11 is 2.98. The van der Waals surface area contributed by atoms with Crippen LogP contribution in [0, 0.1) is 0 Å². The Balaban J connectivity index is 1.56. The molecular weight excluding hydrogens is 384 g/mol. The number of thiophene rings is 2. The number of hydrogen-bond acceptors (Lipinski definition) is 6. The number of esters is 1. The maximum atomic E-state index is 12.2. The van der Waals surface area contributed by atoms with Gasteiger partial charge in [-0.2, -0.15) is 0 Å². The van der Waals surface area contributed by atoms with E-state index in [0.717, 1.165) is 21.2 Å². The zero-order chi connectivity index (χ0) is 19.4. The number of carbonyl (C=O) groups is 3. The van der Waals surface area contributed by atoms with Crippen molar-refractivity contribution in [3.05, 3.63) is 35.2 Å². The van der Waals surface area contributed by atoms with Crippen molar-refractivity contribution in [1.82, 2.24) is 10.6 Å². The van der Waals surface area contributed by atoms with Crippen LogP contribution >= 0.6 is 22.7 Å². The van der Waals surface area contributed by atoms with E-state index in [9.17, 15) is 14.4 Å². The van der Waals surface area contributed by atoms with E-state index in [0.29, 0.717) is 11.4 Å². The summed E-state index contributed by atoms with van der Waals surface area (Å²) in [5.74, 6) is -1.31. The van der Waals surface area contributed by atoms with Crippen molar-refractivity contribution >= 4 is 59.9 Å². The van der Waals surface area contributed by atoms with Crippen LogP contribution in [0.25, 0.3) is 19.5 Å². The minimum atomic E-state index is -0.679. The molecule has 27 heavy (non-hydrogen) atoms. The molecule has 2 heterocycles. The number of fused-ring (bicyclic) bond motifs is 3. The van der Waals surface area contributed by atoms with Gasteiger partial charge < -0.3 is 15.4 Å². The zero-order valence-corrected chi connectivity index (χ0v) is 16.7. The monoisotopic (exact) mass is 404 g/mol. The Labute approximate surface area is 164 Å². The molecule has 0 saturated carbocycles. The van der Waals surface area contributed by atoms with Crippen LogP contribution in [0.15, 0.2) is 30.3 Å². The summed E-state index contributed by atoms with van der Waals surface area (Å²) in [5, 5.41) is 6.33. The molecule has 0 unspecified atom stereocenters. The summed E-state index contributed by atoms with van der Waals surface area (Å²) in [7, 11) is 0. The van der Waals surface area contributed by atoms with Gasteiger partial charge in [-0.05, 0) is 25.5 Å². The lowest BCUT2D eigenvalue weighted by Crippen LogP contribution is -2.46. The molecular formula is C19H20N2O4S2. The highest BCUT2D eigenvalue weighted by atomic mass is 32.1. The zero-order valence-electron chi connectivity index (χ0n) is 15.0. The maximum absolute atomic E-state index is 12.2. The summed E-state index contributed by atoms with van der Waals surface area (Å²) in [4.78, 5) is 36.4. The molecule has 1 aromatic carbocycles. The summed E-state index contributed by atoms with van der Waals surface area (Å²) in [5.41, 5.74) is 0. The largest absolute Gasteiger partial charge is 0.451 e. The summed E-state index contributed by atoms with van der Waals surface area (Å²) in [6, 6.07) is 9.14. The SMILES string of the molecule is CCCNC(=O)[C@@H](C)NC(=O)COC(=O)c1cc2sc3ccccc3c2s1. The van der Waals surface area contributed by atoms with Crippen LogP contribution < -0.4 is 10.6 Å². The van der Waals surface area contributed by atoms with Crippen LogP contribution in [-0.4, -0.2) is 37.0 Å². The summed E-state index contributed by atoms with van der Waals surface area (Å²) in [6.45, 7) is 3.67. The van der Waals surface area contributed by atoms with Crippen molar-refractivity contribution in [2.24, 2.45) is 0 Å². The molecule has 142 valence electrons. The van der Waals surface area contributed by atoms with Gasteiger partial charge in [-0.15, -0.1) is 22.7 Å². The van der Waals surface area contributed by atoms with E-state index < -0.39 is 24.5 Å². The molecule has 0 radical (unpaired) electrons. The number of nitrogens with one attached hydrogen (secondary N) is 2. The molecule has 0 spiro atoms. The second-order valence-corrected chi connectivity index (χ2v) is 8.19. The quantitative estimate of drug-likeness (QED) is 0.592. The first-order valence-corrected chi connectivity index (χ1v) is 10.3. The van der Waals surface area contributed by atoms with Gasteiger partial charge >= 0.3 is 5.97 Å². The first-order chi connectivity index (χ1) is 13.0. The second kappa shape index (κ2) is 8.49. The number of amides is 2. The van der Waals surface area contributed by atoms with E-state index in [4.69, 9.17) is 4.74 Å². The normalized spacial score (nSPS) is 12.1. The Morgan fingerprint density at radius 3 is 2.70 bits per heavy atom. The highest BCUT2D eigenvalue weighted by Gasteiger charge is 2.19. The van der Waals surface area contributed by atoms with Crippen molar-refractivity contribution in [3.8, 4) is 0 Å². The van der Waals surface area contributed by atoms with Gasteiger partial charge in [0.05, 0.1) is 4.70 Å². The molecule has 0 aliphatic heterocycles. The fourth-order valence-corrected chi connectivity index (χ4v) is 4.97. The fraction of sp³-hybridized carbons (Fsp3) is 0.316. The van der Waals surface area contributed by atoms with Crippen molar-refractivity contribution in [2.75, 3.05) is 13.2 Å². The second-order valence-electron chi connectivity index (χ2n) is 6.06. The molecule has 0 fully saturated rings. The highest BCUT2D eigenvalue weighted by Crippen LogP contribution is 2.39. The standard InChI is InChI=1S/C19H20N2O4S2/c1-3-8-20-18(23)11(2)21-16(22)10-25-19(24)15-9-14-17(27-15)12-6-4-5-7-13(12)26-14/h4-7,9,11H,3,8,10H2,1-2H3,(H,20,23)(H,21,22)/t11-/m1/s1. The number of rotatable bonds is 7. The Morgan fingerprint density at radius 1 is 1.15 bits per heavy atom. The molecule has 2 N–H and O–H groups in total. The van der Waals surface area contributed by atoms with Crippen LogP contribution in [0.4, 0.5) is 0 Å². The molecule has 6 nitrogen and oxygen atoms in total. The van der Waals surface area contributed by atoms with Crippen LogP contribution in [0.5, 0.6) is 0 Å². The fourth-order valence-electron chi connectivity index (χ4n) is 2.55. The third-order valence-electron chi connectivity index (χ3n) is 3.91. The van der Waals surface area contributed by atoms with E-state index in [1.54, 1.807) is 24.3 Å². The summed E-state index contributed by atoms with van der Waals surface area (Å²) in [6.07, 6.45) is 0.817. The first-order valence-electron chi connectivity index (χ1n) is 8.65. The topological polar surface area (TPSA) is 84.5 Å². The van der Waals surface area contributed by atoms with Crippen LogP contribution in [0.2, 0.25) is 0 Å². The van der Waals surface area contributed by atoms with Gasteiger partial charge in [0, 0.05) is 21.3 Å². The van der Waals surface area contributed by atoms with Gasteiger partial charge in [0.2, 0.25) is 5.91 Å². The predicted molar refractivity (Wildman–Crippen MR) is 108 cm³/mol. The number of benzene rings is 1. The molecule has 3 rings (SSSR count). The Morgan fingerprint density at radius 2 is 1.93 bits per heavy atom. The average molecular weight is 405 g/mol. The van der Waals surface area contributed by atoms with E-state index in [-0.39, 0.29) is 5.91 Å². The number of carbonyl (C=O) groups excluding carboxylic acids is 3. The molecule has 3 aromatic rings. The third kappa shape index (κ3) is 4.45. The Bertz CT molecular complexity index is 992. The molecule has 0 bridgehead atoms. The molecule has 1 atom stereocenters. The van der Waals surface area contributed by atoms with E-state index in [1.165, 1.54) is 16.0 Å². The smallest absolute Gasteiger partial charge is 0.348 e. The molecule has 8 heteroatoms. The molecule has 0 saturated heterocycles. The molecule has 2 aromatic heterocycles. The third-order valence-corrected chi connectivity index (χ3v) is 6.30. The molecule has 0 aliphatic rings. The Hall–Kier alpha value is -2.45. The minimum Gasteiger partial charge on any atom is -0.451 e. The van der Waals surface area contributed by atoms with Gasteiger partial charge in [-0.25, -0.2) is 4.79 Å².